The number of imidazole rings is 1. The minimum absolute atomic E-state index is 0.0908. The zero-order valence-corrected chi connectivity index (χ0v) is 13.2. The summed E-state index contributed by atoms with van der Waals surface area (Å²) >= 11 is 1.67. The third-order valence-corrected chi connectivity index (χ3v) is 5.69. The number of thiazole rings is 1. The van der Waals surface area contributed by atoms with Gasteiger partial charge in [0.05, 0.1) is 5.69 Å². The highest BCUT2D eigenvalue weighted by Crippen LogP contribution is 2.28. The minimum Gasteiger partial charge on any atom is -0.326 e. The van der Waals surface area contributed by atoms with Gasteiger partial charge in [-0.3, -0.25) is 9.30 Å². The molecule has 0 saturated carbocycles. The average Bonchev–Trinajstić information content (AvgIpc) is 3.13. The van der Waals surface area contributed by atoms with Gasteiger partial charge in [-0.25, -0.2) is 4.98 Å². The van der Waals surface area contributed by atoms with Crippen molar-refractivity contribution >= 4 is 16.3 Å². The standard InChI is InChI=1S/C15H24N4S/c1-3-15(2,19-6-4-5-7-19)13(16)10-12-11-18-8-9-20-14(18)17-12/h8-9,11,13H,3-7,10,16H2,1-2H3. The van der Waals surface area contributed by atoms with Gasteiger partial charge in [-0.2, -0.15) is 0 Å². The summed E-state index contributed by atoms with van der Waals surface area (Å²) in [6.07, 6.45) is 8.74. The van der Waals surface area contributed by atoms with E-state index in [-0.39, 0.29) is 11.6 Å². The van der Waals surface area contributed by atoms with E-state index in [0.717, 1.165) is 23.5 Å². The molecule has 0 spiro atoms. The van der Waals surface area contributed by atoms with E-state index < -0.39 is 0 Å². The van der Waals surface area contributed by atoms with Gasteiger partial charge in [0.15, 0.2) is 4.96 Å². The zero-order chi connectivity index (χ0) is 14.2. The van der Waals surface area contributed by atoms with Gasteiger partial charge in [0.2, 0.25) is 0 Å². The molecule has 110 valence electrons. The van der Waals surface area contributed by atoms with Crippen LogP contribution in [0.4, 0.5) is 0 Å². The molecule has 1 saturated heterocycles. The topological polar surface area (TPSA) is 46.6 Å². The van der Waals surface area contributed by atoms with Crippen LogP contribution in [0.1, 0.15) is 38.8 Å². The van der Waals surface area contributed by atoms with Crippen molar-refractivity contribution in [1.82, 2.24) is 14.3 Å². The predicted octanol–water partition coefficient (Wildman–Crippen LogP) is 2.53. The lowest BCUT2D eigenvalue weighted by Gasteiger charge is -2.42. The van der Waals surface area contributed by atoms with Crippen molar-refractivity contribution in [2.24, 2.45) is 5.73 Å². The molecule has 4 nitrogen and oxygen atoms in total. The van der Waals surface area contributed by atoms with E-state index in [9.17, 15) is 0 Å². The summed E-state index contributed by atoms with van der Waals surface area (Å²) in [4.78, 5) is 8.31. The molecule has 20 heavy (non-hydrogen) atoms. The van der Waals surface area contributed by atoms with Crippen molar-refractivity contribution in [1.29, 1.82) is 0 Å². The second-order valence-corrected chi connectivity index (χ2v) is 6.91. The van der Waals surface area contributed by atoms with Crippen LogP contribution < -0.4 is 5.73 Å². The summed E-state index contributed by atoms with van der Waals surface area (Å²) < 4.78 is 2.09. The molecule has 3 rings (SSSR count). The zero-order valence-electron chi connectivity index (χ0n) is 12.4. The first kappa shape index (κ1) is 14.0. The minimum atomic E-state index is 0.0908. The van der Waals surface area contributed by atoms with Crippen molar-refractivity contribution < 1.29 is 0 Å². The van der Waals surface area contributed by atoms with E-state index in [2.05, 4.69) is 45.9 Å². The molecule has 0 amide bonds. The Bertz CT molecular complexity index is 541. The Balaban J connectivity index is 1.76. The summed E-state index contributed by atoms with van der Waals surface area (Å²) in [6, 6.07) is 0.134. The molecule has 0 aliphatic carbocycles. The highest BCUT2D eigenvalue weighted by Gasteiger charge is 2.37. The van der Waals surface area contributed by atoms with Crippen LogP contribution in [0.25, 0.3) is 4.96 Å². The van der Waals surface area contributed by atoms with Crippen LogP contribution in [-0.2, 0) is 6.42 Å². The maximum Gasteiger partial charge on any atom is 0.193 e. The van der Waals surface area contributed by atoms with Crippen LogP contribution in [0.15, 0.2) is 17.8 Å². The molecule has 1 aliphatic heterocycles. The van der Waals surface area contributed by atoms with E-state index in [4.69, 9.17) is 5.73 Å². The molecule has 0 radical (unpaired) electrons. The first-order valence-corrected chi connectivity index (χ1v) is 8.43. The third kappa shape index (κ3) is 2.38. The number of hydrogen-bond acceptors (Lipinski definition) is 4. The molecule has 2 atom stereocenters. The van der Waals surface area contributed by atoms with E-state index in [1.807, 2.05) is 0 Å². The Morgan fingerprint density at radius 2 is 2.20 bits per heavy atom. The Hall–Kier alpha value is -0.910. The van der Waals surface area contributed by atoms with E-state index in [1.165, 1.54) is 25.9 Å². The monoisotopic (exact) mass is 292 g/mol. The number of aromatic nitrogens is 2. The lowest BCUT2D eigenvalue weighted by atomic mass is 9.85. The SMILES string of the molecule is CCC(C)(C(N)Cc1cn2ccsc2n1)N1CCCC1. The van der Waals surface area contributed by atoms with Gasteiger partial charge in [-0.05, 0) is 39.3 Å². The third-order valence-electron chi connectivity index (χ3n) is 4.92. The molecule has 5 heteroatoms. The van der Waals surface area contributed by atoms with E-state index in [0.29, 0.717) is 0 Å². The molecule has 1 fully saturated rings. The summed E-state index contributed by atoms with van der Waals surface area (Å²) in [5.41, 5.74) is 7.78. The van der Waals surface area contributed by atoms with Gasteiger partial charge in [0, 0.05) is 35.8 Å². The van der Waals surface area contributed by atoms with Crippen LogP contribution >= 0.6 is 11.3 Å². The highest BCUT2D eigenvalue weighted by molar-refractivity contribution is 7.15. The fraction of sp³-hybridized carbons (Fsp3) is 0.667. The molecular formula is C15H24N4S. The molecular weight excluding hydrogens is 268 g/mol. The smallest absolute Gasteiger partial charge is 0.193 e. The molecule has 2 unspecified atom stereocenters. The molecule has 0 aromatic carbocycles. The largest absolute Gasteiger partial charge is 0.326 e. The van der Waals surface area contributed by atoms with Crippen LogP contribution in [0, 0.1) is 0 Å². The maximum atomic E-state index is 6.58. The highest BCUT2D eigenvalue weighted by atomic mass is 32.1. The molecule has 2 N–H and O–H groups in total. The van der Waals surface area contributed by atoms with Crippen molar-refractivity contribution in [3.8, 4) is 0 Å². The molecule has 1 aliphatic rings. The van der Waals surface area contributed by atoms with Crippen LogP contribution in [0.3, 0.4) is 0 Å². The summed E-state index contributed by atoms with van der Waals surface area (Å²) in [5.74, 6) is 0. The van der Waals surface area contributed by atoms with Crippen molar-refractivity contribution in [3.05, 3.63) is 23.5 Å². The van der Waals surface area contributed by atoms with Gasteiger partial charge >= 0.3 is 0 Å². The number of nitrogens with two attached hydrogens (primary N) is 1. The quantitative estimate of drug-likeness (QED) is 0.921. The van der Waals surface area contributed by atoms with Gasteiger partial charge in [-0.15, -0.1) is 11.3 Å². The Kier molecular flexibility index (Phi) is 3.84. The van der Waals surface area contributed by atoms with Crippen LogP contribution in [0.5, 0.6) is 0 Å². The van der Waals surface area contributed by atoms with E-state index in [1.54, 1.807) is 11.3 Å². The normalized spacial score (nSPS) is 21.4. The number of fused-ring (bicyclic) bond motifs is 1. The molecule has 2 aromatic heterocycles. The van der Waals surface area contributed by atoms with Crippen molar-refractivity contribution in [3.63, 3.8) is 0 Å². The Labute approximate surface area is 124 Å². The second kappa shape index (κ2) is 5.47. The van der Waals surface area contributed by atoms with Gasteiger partial charge in [0.1, 0.15) is 0 Å². The maximum absolute atomic E-state index is 6.58. The first-order chi connectivity index (χ1) is 9.63. The Morgan fingerprint density at radius 3 is 2.85 bits per heavy atom. The fourth-order valence-corrected chi connectivity index (χ4v) is 3.99. The molecule has 2 aromatic rings. The fourth-order valence-electron chi connectivity index (χ4n) is 3.27. The van der Waals surface area contributed by atoms with Gasteiger partial charge < -0.3 is 5.73 Å². The second-order valence-electron chi connectivity index (χ2n) is 6.04. The summed E-state index contributed by atoms with van der Waals surface area (Å²) in [6.45, 7) is 6.96. The van der Waals surface area contributed by atoms with Gasteiger partial charge in [0.25, 0.3) is 0 Å². The average molecular weight is 292 g/mol. The summed E-state index contributed by atoms with van der Waals surface area (Å²) in [5, 5.41) is 2.06. The number of hydrogen-bond donors (Lipinski definition) is 1. The van der Waals surface area contributed by atoms with E-state index >= 15 is 0 Å². The van der Waals surface area contributed by atoms with Crippen LogP contribution in [0.2, 0.25) is 0 Å². The lowest BCUT2D eigenvalue weighted by Crippen LogP contribution is -2.57. The number of rotatable bonds is 5. The van der Waals surface area contributed by atoms with Crippen molar-refractivity contribution in [2.75, 3.05) is 13.1 Å². The molecule has 3 heterocycles. The van der Waals surface area contributed by atoms with Gasteiger partial charge in [-0.1, -0.05) is 6.92 Å². The summed E-state index contributed by atoms with van der Waals surface area (Å²) in [7, 11) is 0. The number of nitrogens with zero attached hydrogens (tertiary/aromatic N) is 3. The predicted molar refractivity (Wildman–Crippen MR) is 84.3 cm³/mol. The Morgan fingerprint density at radius 1 is 1.45 bits per heavy atom. The van der Waals surface area contributed by atoms with Crippen LogP contribution in [-0.4, -0.2) is 39.0 Å². The number of likely N-dealkylation sites (tertiary alicyclic amines) is 1. The molecule has 0 bridgehead atoms. The van der Waals surface area contributed by atoms with Crippen molar-refractivity contribution in [2.45, 2.75) is 51.1 Å². The lowest BCUT2D eigenvalue weighted by molar-refractivity contribution is 0.0995. The first-order valence-electron chi connectivity index (χ1n) is 7.55.